The predicted octanol–water partition coefficient (Wildman–Crippen LogP) is 6.96. The van der Waals surface area contributed by atoms with Crippen molar-refractivity contribution < 1.29 is 9.47 Å². The first-order valence-corrected chi connectivity index (χ1v) is 7.30. The number of benzene rings is 2. The average Bonchev–Trinajstić information content (AvgIpc) is 2.36. The molecule has 0 fully saturated rings. The van der Waals surface area contributed by atoms with Gasteiger partial charge in [-0.25, -0.2) is 0 Å². The van der Waals surface area contributed by atoms with Crippen molar-refractivity contribution in [2.45, 2.75) is 0 Å². The molecule has 0 spiro atoms. The first kappa shape index (κ1) is 13.7. The third-order valence-electron chi connectivity index (χ3n) is 2.50. The molecule has 0 bridgehead atoms. The molecule has 2 aromatic carbocycles. The van der Waals surface area contributed by atoms with Gasteiger partial charge < -0.3 is 9.47 Å². The van der Waals surface area contributed by atoms with E-state index in [0.29, 0.717) is 42.5 Å². The van der Waals surface area contributed by atoms with Crippen molar-refractivity contribution >= 4 is 62.3 Å². The highest BCUT2D eigenvalue weighted by molar-refractivity contribution is 9.10. The van der Waals surface area contributed by atoms with Gasteiger partial charge in [0.25, 0.3) is 0 Å². The highest BCUT2D eigenvalue weighted by Crippen LogP contribution is 2.54. The molecule has 1 heterocycles. The van der Waals surface area contributed by atoms with E-state index < -0.39 is 0 Å². The maximum atomic E-state index is 6.10. The summed E-state index contributed by atoms with van der Waals surface area (Å²) < 4.78 is 12.0. The number of halogens is 5. The second kappa shape index (κ2) is 4.90. The quantitative estimate of drug-likeness (QED) is 0.380. The normalized spacial score (nSPS) is 12.3. The van der Waals surface area contributed by atoms with Gasteiger partial charge in [0, 0.05) is 12.1 Å². The van der Waals surface area contributed by atoms with Crippen LogP contribution in [-0.4, -0.2) is 0 Å². The molecule has 7 heteroatoms. The van der Waals surface area contributed by atoms with Crippen LogP contribution in [-0.2, 0) is 0 Å². The maximum absolute atomic E-state index is 6.10. The third kappa shape index (κ3) is 2.28. The Labute approximate surface area is 137 Å². The van der Waals surface area contributed by atoms with Crippen LogP contribution in [0.5, 0.6) is 23.0 Å². The highest BCUT2D eigenvalue weighted by Gasteiger charge is 2.26. The second-order valence-corrected chi connectivity index (χ2v) is 6.18. The summed E-state index contributed by atoms with van der Waals surface area (Å²) in [6.07, 6.45) is 0. The first-order chi connectivity index (χ1) is 8.97. The van der Waals surface area contributed by atoms with Crippen LogP contribution in [0, 0.1) is 0 Å². The van der Waals surface area contributed by atoms with Crippen LogP contribution in [0.4, 0.5) is 0 Å². The second-order valence-electron chi connectivity index (χ2n) is 3.73. The summed E-state index contributed by atoms with van der Waals surface area (Å²) >= 11 is 27.3. The van der Waals surface area contributed by atoms with Crippen LogP contribution >= 0.6 is 62.3 Å². The van der Waals surface area contributed by atoms with E-state index >= 15 is 0 Å². The van der Waals surface area contributed by atoms with Gasteiger partial charge in [0.1, 0.15) is 5.02 Å². The van der Waals surface area contributed by atoms with Crippen LogP contribution in [0.1, 0.15) is 0 Å². The van der Waals surface area contributed by atoms with Crippen LogP contribution in [0.15, 0.2) is 22.7 Å². The molecular formula is C12H3BrCl4O2. The standard InChI is InChI=1S/C12H3BrCl4O2/c13-4-1-7(16)10(17)12-11(4)18-8-2-5(14)6(15)3-9(8)19-12/h1-3H. The van der Waals surface area contributed by atoms with Crippen LogP contribution < -0.4 is 9.47 Å². The Hall–Kier alpha value is -0.320. The Morgan fingerprint density at radius 2 is 1.26 bits per heavy atom. The number of ether oxygens (including phenoxy) is 2. The van der Waals surface area contributed by atoms with E-state index in [-0.39, 0.29) is 5.02 Å². The fourth-order valence-electron chi connectivity index (χ4n) is 1.63. The Morgan fingerprint density at radius 1 is 0.737 bits per heavy atom. The molecule has 98 valence electrons. The summed E-state index contributed by atoms with van der Waals surface area (Å²) in [7, 11) is 0. The smallest absolute Gasteiger partial charge is 0.191 e. The van der Waals surface area contributed by atoms with Crippen molar-refractivity contribution in [3.8, 4) is 23.0 Å². The minimum Gasteiger partial charge on any atom is -0.448 e. The Balaban J connectivity index is 2.19. The molecule has 19 heavy (non-hydrogen) atoms. The molecule has 2 aromatic rings. The monoisotopic (exact) mass is 398 g/mol. The minimum absolute atomic E-state index is 0.275. The van der Waals surface area contributed by atoms with Gasteiger partial charge in [0.15, 0.2) is 23.0 Å². The van der Waals surface area contributed by atoms with Crippen LogP contribution in [0.25, 0.3) is 0 Å². The van der Waals surface area contributed by atoms with E-state index in [1.807, 2.05) is 0 Å². The summed E-state index contributed by atoms with van der Waals surface area (Å²) in [4.78, 5) is 0. The lowest BCUT2D eigenvalue weighted by Crippen LogP contribution is -2.00. The van der Waals surface area contributed by atoms with E-state index in [2.05, 4.69) is 15.9 Å². The van der Waals surface area contributed by atoms with Crippen molar-refractivity contribution in [3.63, 3.8) is 0 Å². The molecule has 3 rings (SSSR count). The van der Waals surface area contributed by atoms with Crippen molar-refractivity contribution in [2.24, 2.45) is 0 Å². The molecular weight excluding hydrogens is 398 g/mol. The molecule has 1 aliphatic rings. The van der Waals surface area contributed by atoms with Gasteiger partial charge in [0.05, 0.1) is 19.5 Å². The van der Waals surface area contributed by atoms with E-state index in [0.717, 1.165) is 0 Å². The molecule has 2 nitrogen and oxygen atoms in total. The van der Waals surface area contributed by atoms with Gasteiger partial charge >= 0.3 is 0 Å². The van der Waals surface area contributed by atoms with E-state index in [4.69, 9.17) is 55.9 Å². The zero-order chi connectivity index (χ0) is 13.7. The Bertz CT molecular complexity index is 703. The fraction of sp³-hybridized carbons (Fsp3) is 0. The molecule has 0 unspecified atom stereocenters. The summed E-state index contributed by atoms with van der Waals surface area (Å²) in [5.74, 6) is 1.67. The maximum Gasteiger partial charge on any atom is 0.191 e. The lowest BCUT2D eigenvalue weighted by Gasteiger charge is -2.23. The summed E-state index contributed by atoms with van der Waals surface area (Å²) in [6.45, 7) is 0. The SMILES string of the molecule is Clc1cc2c(cc1Cl)Oc1c(Cl)c(Cl)cc(Br)c1O2. The molecule has 0 aliphatic carbocycles. The summed E-state index contributed by atoms with van der Waals surface area (Å²) in [6, 6.07) is 4.78. The molecule has 0 saturated heterocycles. The zero-order valence-corrected chi connectivity index (χ0v) is 13.5. The number of hydrogen-bond donors (Lipinski definition) is 0. The fourth-order valence-corrected chi connectivity index (χ4v) is 2.94. The van der Waals surface area contributed by atoms with Gasteiger partial charge in [-0.3, -0.25) is 0 Å². The van der Waals surface area contributed by atoms with Crippen LogP contribution in [0.2, 0.25) is 20.1 Å². The highest BCUT2D eigenvalue weighted by atomic mass is 79.9. The largest absolute Gasteiger partial charge is 0.448 e. The Morgan fingerprint density at radius 3 is 1.84 bits per heavy atom. The molecule has 0 radical (unpaired) electrons. The number of fused-ring (bicyclic) bond motifs is 2. The van der Waals surface area contributed by atoms with Gasteiger partial charge in [-0.15, -0.1) is 0 Å². The molecule has 0 amide bonds. The van der Waals surface area contributed by atoms with Gasteiger partial charge in [-0.1, -0.05) is 46.4 Å². The van der Waals surface area contributed by atoms with Crippen molar-refractivity contribution in [3.05, 3.63) is 42.8 Å². The van der Waals surface area contributed by atoms with Crippen molar-refractivity contribution in [1.29, 1.82) is 0 Å². The molecule has 1 aliphatic heterocycles. The first-order valence-electron chi connectivity index (χ1n) is 4.99. The van der Waals surface area contributed by atoms with Gasteiger partial charge in [-0.05, 0) is 22.0 Å². The van der Waals surface area contributed by atoms with Crippen molar-refractivity contribution in [2.75, 3.05) is 0 Å². The lowest BCUT2D eigenvalue weighted by molar-refractivity contribution is 0.358. The topological polar surface area (TPSA) is 18.5 Å². The van der Waals surface area contributed by atoms with E-state index in [1.54, 1.807) is 18.2 Å². The van der Waals surface area contributed by atoms with Crippen molar-refractivity contribution in [1.82, 2.24) is 0 Å². The predicted molar refractivity (Wildman–Crippen MR) is 80.8 cm³/mol. The third-order valence-corrected chi connectivity index (χ3v) is 4.58. The van der Waals surface area contributed by atoms with E-state index in [1.165, 1.54) is 0 Å². The Kier molecular flexibility index (Phi) is 3.52. The minimum atomic E-state index is 0.275. The summed E-state index contributed by atoms with van der Waals surface area (Å²) in [5.41, 5.74) is 0. The van der Waals surface area contributed by atoms with E-state index in [9.17, 15) is 0 Å². The lowest BCUT2D eigenvalue weighted by atomic mass is 10.2. The number of hydrogen-bond acceptors (Lipinski definition) is 2. The van der Waals surface area contributed by atoms with Gasteiger partial charge in [0.2, 0.25) is 0 Å². The molecule has 0 saturated carbocycles. The van der Waals surface area contributed by atoms with Crippen LogP contribution in [0.3, 0.4) is 0 Å². The number of rotatable bonds is 0. The molecule has 0 N–H and O–H groups in total. The summed E-state index contributed by atoms with van der Waals surface area (Å²) in [5, 5.41) is 1.38. The molecule has 0 aromatic heterocycles. The molecule has 0 atom stereocenters. The zero-order valence-electron chi connectivity index (χ0n) is 8.94. The van der Waals surface area contributed by atoms with Gasteiger partial charge in [-0.2, -0.15) is 0 Å². The average molecular weight is 401 g/mol.